The Kier molecular flexibility index (Phi) is 4.50. The number of hydrogen-bond acceptors (Lipinski definition) is 3. The molecule has 0 saturated carbocycles. The highest BCUT2D eigenvalue weighted by atomic mass is 35.5. The van der Waals surface area contributed by atoms with Crippen molar-refractivity contribution in [2.75, 3.05) is 6.54 Å². The second-order valence-corrected chi connectivity index (χ2v) is 4.80. The third-order valence-corrected chi connectivity index (χ3v) is 3.08. The normalized spacial score (nSPS) is 12.6. The van der Waals surface area contributed by atoms with Gasteiger partial charge in [0.15, 0.2) is 0 Å². The van der Waals surface area contributed by atoms with Crippen LogP contribution in [0.5, 0.6) is 0 Å². The minimum Gasteiger partial charge on any atom is -0.310 e. The summed E-state index contributed by atoms with van der Waals surface area (Å²) < 4.78 is 15.5. The molecule has 1 aromatic heterocycles. The molecule has 0 radical (unpaired) electrons. The first-order chi connectivity index (χ1) is 9.10. The minimum absolute atomic E-state index is 0.166. The van der Waals surface area contributed by atoms with E-state index < -0.39 is 0 Å². The van der Waals surface area contributed by atoms with Crippen molar-refractivity contribution in [1.29, 1.82) is 0 Å². The van der Waals surface area contributed by atoms with Crippen LogP contribution in [0, 0.1) is 5.82 Å². The van der Waals surface area contributed by atoms with E-state index in [1.165, 1.54) is 6.07 Å². The molecule has 6 heteroatoms. The summed E-state index contributed by atoms with van der Waals surface area (Å²) in [5.41, 5.74) is 1.37. The van der Waals surface area contributed by atoms with Gasteiger partial charge >= 0.3 is 0 Å². The molecule has 1 atom stereocenters. The molecule has 1 aromatic carbocycles. The highest BCUT2D eigenvalue weighted by Gasteiger charge is 2.17. The van der Waals surface area contributed by atoms with Crippen molar-refractivity contribution >= 4 is 11.6 Å². The van der Waals surface area contributed by atoms with E-state index in [-0.39, 0.29) is 11.9 Å². The van der Waals surface area contributed by atoms with Crippen LogP contribution in [0.3, 0.4) is 0 Å². The first kappa shape index (κ1) is 14.0. The lowest BCUT2D eigenvalue weighted by molar-refractivity contribution is 0.506. The van der Waals surface area contributed by atoms with Gasteiger partial charge in [-0.05, 0) is 24.7 Å². The quantitative estimate of drug-likeness (QED) is 0.916. The molecule has 19 heavy (non-hydrogen) atoms. The number of aryl methyl sites for hydroxylation is 1. The van der Waals surface area contributed by atoms with Crippen molar-refractivity contribution in [3.63, 3.8) is 0 Å². The Balaban J connectivity index is 2.26. The summed E-state index contributed by atoms with van der Waals surface area (Å²) in [6, 6.07) is 4.42. The largest absolute Gasteiger partial charge is 0.310 e. The molecule has 1 unspecified atom stereocenters. The van der Waals surface area contributed by atoms with Gasteiger partial charge in [0.2, 0.25) is 0 Å². The Hall–Kier alpha value is -1.46. The lowest BCUT2D eigenvalue weighted by Gasteiger charge is -2.18. The van der Waals surface area contributed by atoms with Crippen LogP contribution in [0.1, 0.15) is 24.2 Å². The molecule has 102 valence electrons. The predicted molar refractivity (Wildman–Crippen MR) is 72.5 cm³/mol. The molecule has 0 bridgehead atoms. The highest BCUT2D eigenvalue weighted by molar-refractivity contribution is 6.30. The number of hydrogen-bond donors (Lipinski definition) is 1. The van der Waals surface area contributed by atoms with Gasteiger partial charge in [-0.1, -0.05) is 23.7 Å². The Bertz CT molecular complexity index is 555. The van der Waals surface area contributed by atoms with E-state index in [9.17, 15) is 4.39 Å². The summed E-state index contributed by atoms with van der Waals surface area (Å²) in [7, 11) is 1.80. The molecule has 0 aliphatic carbocycles. The third kappa shape index (κ3) is 3.52. The van der Waals surface area contributed by atoms with Gasteiger partial charge in [0, 0.05) is 36.3 Å². The lowest BCUT2D eigenvalue weighted by Crippen LogP contribution is -2.24. The SMILES string of the molecule is CCNC(Cc1cn(C)nn1)c1cc(Cl)ccc1F. The van der Waals surface area contributed by atoms with Crippen molar-refractivity contribution in [3.05, 3.63) is 46.5 Å². The molecule has 2 aromatic rings. The number of nitrogens with one attached hydrogen (secondary N) is 1. The zero-order valence-corrected chi connectivity index (χ0v) is 11.7. The second kappa shape index (κ2) is 6.12. The van der Waals surface area contributed by atoms with E-state index in [0.29, 0.717) is 17.0 Å². The average molecular weight is 283 g/mol. The van der Waals surface area contributed by atoms with Crippen molar-refractivity contribution in [3.8, 4) is 0 Å². The fourth-order valence-electron chi connectivity index (χ4n) is 2.02. The molecule has 0 fully saturated rings. The Labute approximate surface area is 116 Å². The van der Waals surface area contributed by atoms with E-state index in [1.54, 1.807) is 23.9 Å². The van der Waals surface area contributed by atoms with Crippen LogP contribution >= 0.6 is 11.6 Å². The Morgan fingerprint density at radius 3 is 2.89 bits per heavy atom. The van der Waals surface area contributed by atoms with Crippen LogP contribution in [0.4, 0.5) is 4.39 Å². The number of aromatic nitrogens is 3. The van der Waals surface area contributed by atoms with Crippen LogP contribution in [0.2, 0.25) is 5.02 Å². The van der Waals surface area contributed by atoms with Crippen LogP contribution in [0.25, 0.3) is 0 Å². The van der Waals surface area contributed by atoms with E-state index in [0.717, 1.165) is 12.2 Å². The van der Waals surface area contributed by atoms with Crippen LogP contribution in [-0.4, -0.2) is 21.5 Å². The van der Waals surface area contributed by atoms with Gasteiger partial charge < -0.3 is 5.32 Å². The third-order valence-electron chi connectivity index (χ3n) is 2.85. The monoisotopic (exact) mass is 282 g/mol. The van der Waals surface area contributed by atoms with Crippen LogP contribution < -0.4 is 5.32 Å². The molecule has 0 saturated heterocycles. The molecule has 0 aliphatic heterocycles. The summed E-state index contributed by atoms with van der Waals surface area (Å²) in [6.07, 6.45) is 2.39. The summed E-state index contributed by atoms with van der Waals surface area (Å²) in [5.74, 6) is -0.265. The number of likely N-dealkylation sites (N-methyl/N-ethyl adjacent to an activating group) is 1. The van der Waals surface area contributed by atoms with Crippen molar-refractivity contribution < 1.29 is 4.39 Å². The number of nitrogens with zero attached hydrogens (tertiary/aromatic N) is 3. The summed E-state index contributed by atoms with van der Waals surface area (Å²) >= 11 is 5.94. The van der Waals surface area contributed by atoms with Crippen molar-refractivity contribution in [2.24, 2.45) is 7.05 Å². The van der Waals surface area contributed by atoms with Gasteiger partial charge in [0.25, 0.3) is 0 Å². The molecule has 2 rings (SSSR count). The van der Waals surface area contributed by atoms with Gasteiger partial charge in [0.05, 0.1) is 5.69 Å². The topological polar surface area (TPSA) is 42.7 Å². The molecule has 1 N–H and O–H groups in total. The zero-order chi connectivity index (χ0) is 13.8. The van der Waals surface area contributed by atoms with E-state index in [1.807, 2.05) is 13.1 Å². The Morgan fingerprint density at radius 1 is 1.47 bits per heavy atom. The van der Waals surface area contributed by atoms with Crippen LogP contribution in [-0.2, 0) is 13.5 Å². The van der Waals surface area contributed by atoms with Crippen molar-refractivity contribution in [2.45, 2.75) is 19.4 Å². The number of benzene rings is 1. The summed E-state index contributed by atoms with van der Waals surface area (Å²) in [6.45, 7) is 2.71. The van der Waals surface area contributed by atoms with E-state index >= 15 is 0 Å². The Morgan fingerprint density at radius 2 is 2.26 bits per heavy atom. The molecule has 4 nitrogen and oxygen atoms in total. The van der Waals surface area contributed by atoms with Gasteiger partial charge in [0.1, 0.15) is 5.82 Å². The fraction of sp³-hybridized carbons (Fsp3) is 0.385. The van der Waals surface area contributed by atoms with Gasteiger partial charge in [-0.3, -0.25) is 4.68 Å². The van der Waals surface area contributed by atoms with E-state index in [2.05, 4.69) is 15.6 Å². The van der Waals surface area contributed by atoms with Gasteiger partial charge in [-0.2, -0.15) is 0 Å². The standard InChI is InChI=1S/C13H16ClFN4/c1-3-16-13(7-10-8-19(2)18-17-10)11-6-9(14)4-5-12(11)15/h4-6,8,13,16H,3,7H2,1-2H3. The maximum atomic E-state index is 13.9. The van der Waals surface area contributed by atoms with Gasteiger partial charge in [-0.15, -0.1) is 5.10 Å². The first-order valence-corrected chi connectivity index (χ1v) is 6.51. The van der Waals surface area contributed by atoms with Crippen molar-refractivity contribution in [1.82, 2.24) is 20.3 Å². The molecule has 0 aliphatic rings. The molecular formula is C13H16ClFN4. The number of halogens is 2. The molecule has 0 amide bonds. The highest BCUT2D eigenvalue weighted by Crippen LogP contribution is 2.23. The predicted octanol–water partition coefficient (Wildman–Crippen LogP) is 2.50. The smallest absolute Gasteiger partial charge is 0.128 e. The maximum absolute atomic E-state index is 13.9. The van der Waals surface area contributed by atoms with Crippen LogP contribution in [0.15, 0.2) is 24.4 Å². The molecule has 1 heterocycles. The summed E-state index contributed by atoms with van der Waals surface area (Å²) in [5, 5.41) is 11.7. The fourth-order valence-corrected chi connectivity index (χ4v) is 2.20. The lowest BCUT2D eigenvalue weighted by atomic mass is 10.0. The average Bonchev–Trinajstić information content (AvgIpc) is 2.77. The summed E-state index contributed by atoms with van der Waals surface area (Å²) in [4.78, 5) is 0. The zero-order valence-electron chi connectivity index (χ0n) is 10.9. The molecular weight excluding hydrogens is 267 g/mol. The second-order valence-electron chi connectivity index (χ2n) is 4.36. The number of rotatable bonds is 5. The maximum Gasteiger partial charge on any atom is 0.128 e. The van der Waals surface area contributed by atoms with E-state index in [4.69, 9.17) is 11.6 Å². The van der Waals surface area contributed by atoms with Gasteiger partial charge in [-0.25, -0.2) is 4.39 Å². The first-order valence-electron chi connectivity index (χ1n) is 6.13. The molecule has 0 spiro atoms. The minimum atomic E-state index is -0.265.